The normalized spacial score (nSPS) is 20.1. The maximum atomic E-state index is 6.41. The van der Waals surface area contributed by atoms with E-state index in [1.807, 2.05) is 59.7 Å². The van der Waals surface area contributed by atoms with Gasteiger partial charge in [0.1, 0.15) is 0 Å². The van der Waals surface area contributed by atoms with E-state index in [-0.39, 0.29) is 12.3 Å². The number of benzene rings is 2. The van der Waals surface area contributed by atoms with Crippen LogP contribution in [0.4, 0.5) is 0 Å². The van der Waals surface area contributed by atoms with Crippen LogP contribution >= 0.6 is 11.6 Å². The molecule has 5 rings (SSSR count). The highest BCUT2D eigenvalue weighted by Crippen LogP contribution is 2.50. The third kappa shape index (κ3) is 2.79. The molecule has 0 amide bonds. The SMILES string of the molecule is COc1cccc2c1O[C@H](c1cccc(Cl)c1)N1N=C(c3cccnc3)C[C@@H]21. The molecule has 2 aromatic carbocycles. The molecule has 3 aromatic rings. The molecular formula is C22H18ClN3O2. The Balaban J connectivity index is 1.64. The maximum Gasteiger partial charge on any atom is 0.214 e. The lowest BCUT2D eigenvalue weighted by atomic mass is 9.96. The first kappa shape index (κ1) is 17.1. The molecule has 0 radical (unpaired) electrons. The van der Waals surface area contributed by atoms with Crippen LogP contribution in [0, 0.1) is 0 Å². The van der Waals surface area contributed by atoms with E-state index in [0.717, 1.165) is 40.3 Å². The number of methoxy groups -OCH3 is 1. The van der Waals surface area contributed by atoms with Crippen LogP contribution in [0.25, 0.3) is 0 Å². The summed E-state index contributed by atoms with van der Waals surface area (Å²) in [5.74, 6) is 1.48. The lowest BCUT2D eigenvalue weighted by Gasteiger charge is -2.38. The number of ether oxygens (including phenoxy) is 2. The minimum absolute atomic E-state index is 0.0537. The molecule has 1 aromatic heterocycles. The maximum absolute atomic E-state index is 6.41. The number of fused-ring (bicyclic) bond motifs is 3. The fourth-order valence-electron chi connectivity index (χ4n) is 3.83. The third-order valence-electron chi connectivity index (χ3n) is 5.13. The molecule has 5 nitrogen and oxygen atoms in total. The molecule has 0 unspecified atom stereocenters. The number of hydrazone groups is 1. The van der Waals surface area contributed by atoms with Gasteiger partial charge in [-0.1, -0.05) is 41.9 Å². The Hall–Kier alpha value is -3.05. The molecule has 0 N–H and O–H groups in total. The molecule has 6 heteroatoms. The number of aromatic nitrogens is 1. The van der Waals surface area contributed by atoms with Gasteiger partial charge in [-0.25, -0.2) is 5.01 Å². The van der Waals surface area contributed by atoms with Gasteiger partial charge in [-0.2, -0.15) is 5.10 Å². The summed E-state index contributed by atoms with van der Waals surface area (Å²) in [5, 5.41) is 7.61. The van der Waals surface area contributed by atoms with Crippen molar-refractivity contribution >= 4 is 17.3 Å². The molecule has 2 aliphatic heterocycles. The van der Waals surface area contributed by atoms with Crippen LogP contribution in [0.3, 0.4) is 0 Å². The first-order valence-corrected chi connectivity index (χ1v) is 9.47. The van der Waals surface area contributed by atoms with Crippen molar-refractivity contribution in [2.75, 3.05) is 7.11 Å². The number of rotatable bonds is 3. The lowest BCUT2D eigenvalue weighted by Crippen LogP contribution is -2.33. The first-order chi connectivity index (χ1) is 13.7. The Morgan fingerprint density at radius 1 is 1.14 bits per heavy atom. The zero-order chi connectivity index (χ0) is 19.1. The molecule has 0 spiro atoms. The van der Waals surface area contributed by atoms with Crippen LogP contribution in [-0.2, 0) is 0 Å². The van der Waals surface area contributed by atoms with E-state index < -0.39 is 0 Å². The van der Waals surface area contributed by atoms with Crippen molar-refractivity contribution in [3.05, 3.63) is 88.7 Å². The van der Waals surface area contributed by atoms with E-state index in [1.165, 1.54) is 0 Å². The van der Waals surface area contributed by atoms with E-state index in [1.54, 1.807) is 13.3 Å². The summed E-state index contributed by atoms with van der Waals surface area (Å²) < 4.78 is 12.0. The van der Waals surface area contributed by atoms with Crippen molar-refractivity contribution in [1.82, 2.24) is 9.99 Å². The highest BCUT2D eigenvalue weighted by Gasteiger charge is 2.42. The standard InChI is InChI=1S/C22H18ClN3O2/c1-27-20-9-3-8-17-19-12-18(15-6-4-10-24-13-15)25-26(19)22(28-21(17)20)14-5-2-7-16(23)11-14/h2-11,13,19,22H,12H2,1H3/t19-,22+/m0/s1. The Morgan fingerprint density at radius 3 is 2.82 bits per heavy atom. The molecule has 0 aliphatic carbocycles. The predicted octanol–water partition coefficient (Wildman–Crippen LogP) is 4.99. The largest absolute Gasteiger partial charge is 0.493 e. The summed E-state index contributed by atoms with van der Waals surface area (Å²) in [5.41, 5.74) is 4.03. The summed E-state index contributed by atoms with van der Waals surface area (Å²) >= 11 is 6.25. The Kier molecular flexibility index (Phi) is 4.17. The highest BCUT2D eigenvalue weighted by molar-refractivity contribution is 6.30. The van der Waals surface area contributed by atoms with Crippen molar-refractivity contribution in [1.29, 1.82) is 0 Å². The summed E-state index contributed by atoms with van der Waals surface area (Å²) in [7, 11) is 1.66. The number of nitrogens with zero attached hydrogens (tertiary/aromatic N) is 3. The number of hydrogen-bond donors (Lipinski definition) is 0. The molecule has 0 saturated carbocycles. The van der Waals surface area contributed by atoms with Crippen LogP contribution in [0.5, 0.6) is 11.5 Å². The highest BCUT2D eigenvalue weighted by atomic mass is 35.5. The molecule has 3 heterocycles. The van der Waals surface area contributed by atoms with Crippen LogP contribution < -0.4 is 9.47 Å². The quantitative estimate of drug-likeness (QED) is 0.631. The smallest absolute Gasteiger partial charge is 0.214 e. The van der Waals surface area contributed by atoms with Crippen LogP contribution in [-0.4, -0.2) is 22.8 Å². The van der Waals surface area contributed by atoms with Crippen molar-refractivity contribution in [3.63, 3.8) is 0 Å². The second-order valence-corrected chi connectivity index (χ2v) is 7.23. The molecule has 0 saturated heterocycles. The fourth-order valence-corrected chi connectivity index (χ4v) is 4.03. The van der Waals surface area contributed by atoms with Gasteiger partial charge in [-0.05, 0) is 24.3 Å². The number of pyridine rings is 1. The Morgan fingerprint density at radius 2 is 2.04 bits per heavy atom. The average molecular weight is 392 g/mol. The summed E-state index contributed by atoms with van der Waals surface area (Å²) in [4.78, 5) is 4.24. The predicted molar refractivity (Wildman–Crippen MR) is 108 cm³/mol. The van der Waals surface area contributed by atoms with E-state index in [2.05, 4.69) is 11.1 Å². The first-order valence-electron chi connectivity index (χ1n) is 9.10. The summed E-state index contributed by atoms with van der Waals surface area (Å²) in [6.45, 7) is 0. The molecular weight excluding hydrogens is 374 g/mol. The van der Waals surface area contributed by atoms with E-state index in [9.17, 15) is 0 Å². The van der Waals surface area contributed by atoms with Gasteiger partial charge in [-0.3, -0.25) is 4.98 Å². The van der Waals surface area contributed by atoms with Gasteiger partial charge in [0.25, 0.3) is 0 Å². The van der Waals surface area contributed by atoms with Gasteiger partial charge in [0.2, 0.25) is 6.23 Å². The van der Waals surface area contributed by atoms with Gasteiger partial charge in [0.05, 0.1) is 18.9 Å². The van der Waals surface area contributed by atoms with Gasteiger partial charge in [0, 0.05) is 40.5 Å². The number of hydrogen-bond acceptors (Lipinski definition) is 5. The number of halogens is 1. The summed E-state index contributed by atoms with van der Waals surface area (Å²) in [6, 6.07) is 17.7. The van der Waals surface area contributed by atoms with Gasteiger partial charge in [-0.15, -0.1) is 0 Å². The Labute approximate surface area is 168 Å². The van der Waals surface area contributed by atoms with Gasteiger partial charge < -0.3 is 9.47 Å². The zero-order valence-electron chi connectivity index (χ0n) is 15.2. The van der Waals surface area contributed by atoms with Crippen molar-refractivity contribution < 1.29 is 9.47 Å². The minimum Gasteiger partial charge on any atom is -0.493 e. The van der Waals surface area contributed by atoms with Gasteiger partial charge in [0.15, 0.2) is 11.5 Å². The van der Waals surface area contributed by atoms with Crippen molar-refractivity contribution in [2.45, 2.75) is 18.7 Å². The van der Waals surface area contributed by atoms with E-state index in [4.69, 9.17) is 26.2 Å². The lowest BCUT2D eigenvalue weighted by molar-refractivity contribution is -0.0208. The molecule has 140 valence electrons. The molecule has 0 bridgehead atoms. The Bertz CT molecular complexity index is 1050. The number of para-hydroxylation sites is 1. The van der Waals surface area contributed by atoms with E-state index >= 15 is 0 Å². The van der Waals surface area contributed by atoms with Crippen LogP contribution in [0.2, 0.25) is 5.02 Å². The molecule has 2 aliphatic rings. The zero-order valence-corrected chi connectivity index (χ0v) is 16.0. The van der Waals surface area contributed by atoms with Crippen LogP contribution in [0.15, 0.2) is 72.1 Å². The monoisotopic (exact) mass is 391 g/mol. The van der Waals surface area contributed by atoms with Gasteiger partial charge >= 0.3 is 0 Å². The molecule has 0 fully saturated rings. The van der Waals surface area contributed by atoms with Crippen molar-refractivity contribution in [2.24, 2.45) is 5.10 Å². The third-order valence-corrected chi connectivity index (χ3v) is 5.36. The van der Waals surface area contributed by atoms with Crippen molar-refractivity contribution in [3.8, 4) is 11.5 Å². The second kappa shape index (κ2) is 6.84. The second-order valence-electron chi connectivity index (χ2n) is 6.79. The van der Waals surface area contributed by atoms with Crippen LogP contribution in [0.1, 0.15) is 35.4 Å². The molecule has 28 heavy (non-hydrogen) atoms. The topological polar surface area (TPSA) is 47.0 Å². The minimum atomic E-state index is -0.387. The molecule has 2 atom stereocenters. The van der Waals surface area contributed by atoms with E-state index in [0.29, 0.717) is 5.02 Å². The fraction of sp³-hybridized carbons (Fsp3) is 0.182. The average Bonchev–Trinajstić information content (AvgIpc) is 3.19. The summed E-state index contributed by atoms with van der Waals surface area (Å²) in [6.07, 6.45) is 4.00.